The molecule has 88 valence electrons. The molecule has 0 aliphatic carbocycles. The lowest BCUT2D eigenvalue weighted by Crippen LogP contribution is -2.01. The van der Waals surface area contributed by atoms with Crippen LogP contribution in [0.15, 0.2) is 35.2 Å². The zero-order chi connectivity index (χ0) is 12.1. The lowest BCUT2D eigenvalue weighted by molar-refractivity contribution is 0.0978. The highest BCUT2D eigenvalue weighted by atomic mass is 32.1. The third-order valence-electron chi connectivity index (χ3n) is 2.52. The van der Waals surface area contributed by atoms with E-state index in [0.29, 0.717) is 12.1 Å². The fourth-order valence-corrected chi connectivity index (χ4v) is 2.08. The minimum absolute atomic E-state index is 0.0991. The SMILES string of the molecule is COc1ccc(CCC(=O)c2cscn2)cc1. The number of Topliss-reactive ketones (excluding diaryl/α,β-unsaturated/α-hetero) is 1. The predicted molar refractivity (Wildman–Crippen MR) is 67.8 cm³/mol. The summed E-state index contributed by atoms with van der Waals surface area (Å²) in [5.74, 6) is 0.932. The van der Waals surface area contributed by atoms with Crippen molar-refractivity contribution in [2.75, 3.05) is 7.11 Å². The molecule has 0 saturated heterocycles. The van der Waals surface area contributed by atoms with Gasteiger partial charge < -0.3 is 4.74 Å². The summed E-state index contributed by atoms with van der Waals surface area (Å²) < 4.78 is 5.08. The van der Waals surface area contributed by atoms with Crippen molar-refractivity contribution in [3.8, 4) is 5.75 Å². The van der Waals surface area contributed by atoms with E-state index >= 15 is 0 Å². The summed E-state index contributed by atoms with van der Waals surface area (Å²) in [6.45, 7) is 0. The fourth-order valence-electron chi connectivity index (χ4n) is 1.53. The molecule has 1 aromatic carbocycles. The Balaban J connectivity index is 1.91. The van der Waals surface area contributed by atoms with E-state index in [4.69, 9.17) is 4.74 Å². The third kappa shape index (κ3) is 3.14. The molecule has 0 aliphatic heterocycles. The summed E-state index contributed by atoms with van der Waals surface area (Å²) in [7, 11) is 1.64. The summed E-state index contributed by atoms with van der Waals surface area (Å²) in [4.78, 5) is 15.7. The maximum absolute atomic E-state index is 11.7. The molecule has 2 rings (SSSR count). The number of aromatic nitrogens is 1. The molecule has 17 heavy (non-hydrogen) atoms. The van der Waals surface area contributed by atoms with E-state index in [0.717, 1.165) is 17.7 Å². The summed E-state index contributed by atoms with van der Waals surface area (Å²) in [6.07, 6.45) is 1.23. The van der Waals surface area contributed by atoms with Gasteiger partial charge in [0.1, 0.15) is 11.4 Å². The van der Waals surface area contributed by atoms with Gasteiger partial charge in [0.05, 0.1) is 12.6 Å². The molecule has 0 N–H and O–H groups in total. The van der Waals surface area contributed by atoms with Crippen LogP contribution < -0.4 is 4.74 Å². The maximum atomic E-state index is 11.7. The zero-order valence-corrected chi connectivity index (χ0v) is 10.4. The number of carbonyl (C=O) groups is 1. The molecule has 0 saturated carbocycles. The van der Waals surface area contributed by atoms with Crippen LogP contribution in [-0.2, 0) is 6.42 Å². The van der Waals surface area contributed by atoms with Gasteiger partial charge in [0.2, 0.25) is 0 Å². The summed E-state index contributed by atoms with van der Waals surface area (Å²) in [6, 6.07) is 7.77. The van der Waals surface area contributed by atoms with Crippen molar-refractivity contribution in [3.63, 3.8) is 0 Å². The highest BCUT2D eigenvalue weighted by Gasteiger charge is 2.07. The molecule has 0 spiro atoms. The highest BCUT2D eigenvalue weighted by Crippen LogP contribution is 2.14. The minimum Gasteiger partial charge on any atom is -0.497 e. The van der Waals surface area contributed by atoms with E-state index in [1.54, 1.807) is 18.0 Å². The number of benzene rings is 1. The van der Waals surface area contributed by atoms with Gasteiger partial charge in [-0.05, 0) is 24.1 Å². The number of hydrogen-bond acceptors (Lipinski definition) is 4. The first-order valence-corrected chi connectivity index (χ1v) is 6.28. The van der Waals surface area contributed by atoms with Gasteiger partial charge >= 0.3 is 0 Å². The Morgan fingerprint density at radius 2 is 2.12 bits per heavy atom. The van der Waals surface area contributed by atoms with Crippen molar-refractivity contribution in [2.45, 2.75) is 12.8 Å². The van der Waals surface area contributed by atoms with E-state index in [9.17, 15) is 4.79 Å². The van der Waals surface area contributed by atoms with Crippen LogP contribution >= 0.6 is 11.3 Å². The Morgan fingerprint density at radius 1 is 1.35 bits per heavy atom. The first kappa shape index (κ1) is 11.8. The van der Waals surface area contributed by atoms with Gasteiger partial charge in [0.15, 0.2) is 5.78 Å². The molecular formula is C13H13NO2S. The number of hydrogen-bond donors (Lipinski definition) is 0. The van der Waals surface area contributed by atoms with E-state index in [-0.39, 0.29) is 5.78 Å². The van der Waals surface area contributed by atoms with Crippen LogP contribution in [-0.4, -0.2) is 17.9 Å². The van der Waals surface area contributed by atoms with Crippen LogP contribution in [0.5, 0.6) is 5.75 Å². The van der Waals surface area contributed by atoms with Gasteiger partial charge in [-0.25, -0.2) is 4.98 Å². The number of ketones is 1. The number of aryl methyl sites for hydroxylation is 1. The van der Waals surface area contributed by atoms with E-state index in [2.05, 4.69) is 4.98 Å². The Labute approximate surface area is 104 Å². The zero-order valence-electron chi connectivity index (χ0n) is 9.55. The fraction of sp³-hybridized carbons (Fsp3) is 0.231. The molecule has 3 nitrogen and oxygen atoms in total. The average molecular weight is 247 g/mol. The molecule has 0 amide bonds. The van der Waals surface area contributed by atoms with Crippen LogP contribution in [0.2, 0.25) is 0 Å². The summed E-state index contributed by atoms with van der Waals surface area (Å²) >= 11 is 1.45. The lowest BCUT2D eigenvalue weighted by atomic mass is 10.1. The maximum Gasteiger partial charge on any atom is 0.182 e. The Morgan fingerprint density at radius 3 is 2.71 bits per heavy atom. The van der Waals surface area contributed by atoms with Crippen LogP contribution in [0, 0.1) is 0 Å². The molecule has 0 unspecified atom stereocenters. The van der Waals surface area contributed by atoms with Crippen LogP contribution in [0.1, 0.15) is 22.5 Å². The van der Waals surface area contributed by atoms with Gasteiger partial charge in [-0.1, -0.05) is 12.1 Å². The van der Waals surface area contributed by atoms with E-state index in [1.165, 1.54) is 11.3 Å². The largest absolute Gasteiger partial charge is 0.497 e. The second kappa shape index (κ2) is 5.59. The van der Waals surface area contributed by atoms with Gasteiger partial charge in [-0.3, -0.25) is 4.79 Å². The van der Waals surface area contributed by atoms with E-state index in [1.807, 2.05) is 24.3 Å². The quantitative estimate of drug-likeness (QED) is 0.762. The second-order valence-electron chi connectivity index (χ2n) is 3.64. The smallest absolute Gasteiger partial charge is 0.182 e. The molecule has 4 heteroatoms. The third-order valence-corrected chi connectivity index (χ3v) is 3.10. The molecule has 2 aromatic rings. The Kier molecular flexibility index (Phi) is 3.88. The molecule has 1 heterocycles. The van der Waals surface area contributed by atoms with Crippen LogP contribution in [0.3, 0.4) is 0 Å². The van der Waals surface area contributed by atoms with Crippen molar-refractivity contribution in [1.29, 1.82) is 0 Å². The Hall–Kier alpha value is -1.68. The standard InChI is InChI=1S/C13H13NO2S/c1-16-11-5-2-10(3-6-11)4-7-13(15)12-8-17-9-14-12/h2-3,5-6,8-9H,4,7H2,1H3. The number of methoxy groups -OCH3 is 1. The van der Waals surface area contributed by atoms with Crippen LogP contribution in [0.4, 0.5) is 0 Å². The van der Waals surface area contributed by atoms with Gasteiger partial charge in [0.25, 0.3) is 0 Å². The van der Waals surface area contributed by atoms with Crippen molar-refractivity contribution >= 4 is 17.1 Å². The van der Waals surface area contributed by atoms with Gasteiger partial charge in [-0.2, -0.15) is 0 Å². The molecular weight excluding hydrogens is 234 g/mol. The molecule has 0 atom stereocenters. The number of nitrogens with zero attached hydrogens (tertiary/aromatic N) is 1. The average Bonchev–Trinajstić information content (AvgIpc) is 2.90. The Bertz CT molecular complexity index is 477. The van der Waals surface area contributed by atoms with Crippen molar-refractivity contribution in [1.82, 2.24) is 4.98 Å². The van der Waals surface area contributed by atoms with Gasteiger partial charge in [0, 0.05) is 11.8 Å². The van der Waals surface area contributed by atoms with Crippen molar-refractivity contribution in [2.24, 2.45) is 0 Å². The normalized spacial score (nSPS) is 10.2. The number of rotatable bonds is 5. The second-order valence-corrected chi connectivity index (χ2v) is 4.36. The number of carbonyl (C=O) groups excluding carboxylic acids is 1. The molecule has 0 fully saturated rings. The van der Waals surface area contributed by atoms with E-state index < -0.39 is 0 Å². The molecule has 1 aromatic heterocycles. The minimum atomic E-state index is 0.0991. The first-order valence-electron chi connectivity index (χ1n) is 5.34. The molecule has 0 bridgehead atoms. The van der Waals surface area contributed by atoms with Crippen molar-refractivity contribution in [3.05, 3.63) is 46.4 Å². The number of thiazole rings is 1. The number of ether oxygens (including phenoxy) is 1. The summed E-state index contributed by atoms with van der Waals surface area (Å²) in [5, 5.41) is 1.79. The monoisotopic (exact) mass is 247 g/mol. The molecule has 0 aliphatic rings. The van der Waals surface area contributed by atoms with Crippen LogP contribution in [0.25, 0.3) is 0 Å². The predicted octanol–water partition coefficient (Wildman–Crippen LogP) is 2.97. The topological polar surface area (TPSA) is 39.2 Å². The highest BCUT2D eigenvalue weighted by molar-refractivity contribution is 7.07. The summed E-state index contributed by atoms with van der Waals surface area (Å²) in [5.41, 5.74) is 3.39. The lowest BCUT2D eigenvalue weighted by Gasteiger charge is -2.02. The van der Waals surface area contributed by atoms with Gasteiger partial charge in [-0.15, -0.1) is 11.3 Å². The molecule has 0 radical (unpaired) electrons. The first-order chi connectivity index (χ1) is 8.29. The van der Waals surface area contributed by atoms with Crippen molar-refractivity contribution < 1.29 is 9.53 Å².